The minimum Gasteiger partial charge on any atom is -0.394 e. The van der Waals surface area contributed by atoms with Crippen molar-refractivity contribution in [2.75, 3.05) is 12.4 Å². The molecule has 1 aromatic rings. The molecule has 0 amide bonds. The third-order valence-electron chi connectivity index (χ3n) is 2.90. The first kappa shape index (κ1) is 14.8. The molecular formula is C13H20ClNOS. The summed E-state index contributed by atoms with van der Waals surface area (Å²) in [5.74, 6) is 0.999. The minimum atomic E-state index is -0.408. The highest BCUT2D eigenvalue weighted by Crippen LogP contribution is 2.24. The van der Waals surface area contributed by atoms with E-state index in [0.29, 0.717) is 0 Å². The van der Waals surface area contributed by atoms with E-state index in [0.717, 1.165) is 30.0 Å². The lowest BCUT2D eigenvalue weighted by Crippen LogP contribution is -2.42. The molecule has 2 nitrogen and oxygen atoms in total. The number of thioether (sulfide) groups is 1. The van der Waals surface area contributed by atoms with Crippen molar-refractivity contribution in [2.24, 2.45) is 5.73 Å². The van der Waals surface area contributed by atoms with Crippen LogP contribution in [0.4, 0.5) is 0 Å². The van der Waals surface area contributed by atoms with Gasteiger partial charge in [-0.25, -0.2) is 0 Å². The Morgan fingerprint density at radius 2 is 2.24 bits per heavy atom. The van der Waals surface area contributed by atoms with Gasteiger partial charge in [-0.05, 0) is 43.2 Å². The second-order valence-corrected chi connectivity index (χ2v) is 5.89. The maximum atomic E-state index is 9.19. The zero-order valence-electron chi connectivity index (χ0n) is 10.2. The number of aliphatic hydroxyl groups is 1. The highest BCUT2D eigenvalue weighted by atomic mass is 35.5. The van der Waals surface area contributed by atoms with Crippen molar-refractivity contribution in [3.05, 3.63) is 29.3 Å². The third-order valence-corrected chi connectivity index (χ3v) is 4.22. The van der Waals surface area contributed by atoms with Crippen LogP contribution in [-0.2, 0) is 0 Å². The molecule has 1 unspecified atom stereocenters. The Labute approximate surface area is 113 Å². The first-order valence-corrected chi connectivity index (χ1v) is 7.24. The molecule has 0 radical (unpaired) electrons. The molecule has 1 aromatic carbocycles. The van der Waals surface area contributed by atoms with Crippen LogP contribution in [-0.4, -0.2) is 23.0 Å². The molecule has 4 heteroatoms. The van der Waals surface area contributed by atoms with Crippen molar-refractivity contribution >= 4 is 23.4 Å². The van der Waals surface area contributed by atoms with E-state index < -0.39 is 5.54 Å². The van der Waals surface area contributed by atoms with Crippen molar-refractivity contribution in [2.45, 2.75) is 36.6 Å². The molecule has 1 atom stereocenters. The standard InChI is InChI=1S/C13H20ClNOS/c1-2-13(15,10-16)7-4-8-17-12-6-3-5-11(14)9-12/h3,5-6,9,16H,2,4,7-8,10,15H2,1H3. The van der Waals surface area contributed by atoms with E-state index in [2.05, 4.69) is 6.07 Å². The van der Waals surface area contributed by atoms with Gasteiger partial charge in [-0.1, -0.05) is 24.6 Å². The Bertz CT molecular complexity index is 342. The number of hydrogen-bond donors (Lipinski definition) is 2. The molecule has 0 aromatic heterocycles. The zero-order chi connectivity index (χ0) is 12.7. The normalized spacial score (nSPS) is 14.6. The predicted molar refractivity (Wildman–Crippen MR) is 75.7 cm³/mol. The lowest BCUT2D eigenvalue weighted by Gasteiger charge is -2.25. The van der Waals surface area contributed by atoms with Crippen LogP contribution in [0, 0.1) is 0 Å². The minimum absolute atomic E-state index is 0.0608. The Balaban J connectivity index is 2.29. The van der Waals surface area contributed by atoms with Crippen LogP contribution in [0.25, 0.3) is 0 Å². The molecule has 0 aliphatic carbocycles. The second-order valence-electron chi connectivity index (χ2n) is 4.28. The molecule has 96 valence electrons. The first-order chi connectivity index (χ1) is 8.09. The van der Waals surface area contributed by atoms with E-state index in [-0.39, 0.29) is 6.61 Å². The second kappa shape index (κ2) is 7.27. The summed E-state index contributed by atoms with van der Waals surface area (Å²) < 4.78 is 0. The number of aliphatic hydroxyl groups excluding tert-OH is 1. The van der Waals surface area contributed by atoms with Gasteiger partial charge in [-0.2, -0.15) is 0 Å². The summed E-state index contributed by atoms with van der Waals surface area (Å²) in [6, 6.07) is 7.85. The summed E-state index contributed by atoms with van der Waals surface area (Å²) >= 11 is 7.68. The van der Waals surface area contributed by atoms with Crippen molar-refractivity contribution in [1.29, 1.82) is 0 Å². The highest BCUT2D eigenvalue weighted by Gasteiger charge is 2.20. The van der Waals surface area contributed by atoms with Gasteiger partial charge in [0.1, 0.15) is 0 Å². The van der Waals surface area contributed by atoms with Crippen LogP contribution in [0.2, 0.25) is 5.02 Å². The zero-order valence-corrected chi connectivity index (χ0v) is 11.7. The van der Waals surface area contributed by atoms with Crippen molar-refractivity contribution < 1.29 is 5.11 Å². The fraction of sp³-hybridized carbons (Fsp3) is 0.538. The van der Waals surface area contributed by atoms with Crippen LogP contribution in [0.15, 0.2) is 29.2 Å². The quantitative estimate of drug-likeness (QED) is 0.592. The molecule has 3 N–H and O–H groups in total. The van der Waals surface area contributed by atoms with Gasteiger partial charge in [0.05, 0.1) is 6.61 Å². The summed E-state index contributed by atoms with van der Waals surface area (Å²) in [5, 5.41) is 9.96. The number of hydrogen-bond acceptors (Lipinski definition) is 3. The fourth-order valence-corrected chi connectivity index (χ4v) is 2.70. The Kier molecular flexibility index (Phi) is 6.34. The van der Waals surface area contributed by atoms with Crippen LogP contribution in [0.5, 0.6) is 0 Å². The molecule has 0 aliphatic heterocycles. The molecule has 1 rings (SSSR count). The average molecular weight is 274 g/mol. The lowest BCUT2D eigenvalue weighted by molar-refractivity contribution is 0.182. The number of nitrogens with two attached hydrogens (primary N) is 1. The first-order valence-electron chi connectivity index (χ1n) is 5.88. The van der Waals surface area contributed by atoms with E-state index >= 15 is 0 Å². The summed E-state index contributed by atoms with van der Waals surface area (Å²) in [4.78, 5) is 1.18. The van der Waals surface area contributed by atoms with Crippen LogP contribution < -0.4 is 5.73 Å². The monoisotopic (exact) mass is 273 g/mol. The van der Waals surface area contributed by atoms with Crippen LogP contribution in [0.1, 0.15) is 26.2 Å². The predicted octanol–water partition coefficient (Wildman–Crippen LogP) is 3.31. The lowest BCUT2D eigenvalue weighted by atomic mass is 9.93. The van der Waals surface area contributed by atoms with Gasteiger partial charge in [0, 0.05) is 15.5 Å². The number of benzene rings is 1. The Morgan fingerprint density at radius 1 is 1.47 bits per heavy atom. The van der Waals surface area contributed by atoms with E-state index in [1.54, 1.807) is 11.8 Å². The fourth-order valence-electron chi connectivity index (χ4n) is 1.54. The van der Waals surface area contributed by atoms with Crippen LogP contribution >= 0.6 is 23.4 Å². The molecule has 0 saturated heterocycles. The maximum Gasteiger partial charge on any atom is 0.0611 e. The SMILES string of the molecule is CCC(N)(CO)CCCSc1cccc(Cl)c1. The van der Waals surface area contributed by atoms with Crippen LogP contribution in [0.3, 0.4) is 0 Å². The van der Waals surface area contributed by atoms with Crippen molar-refractivity contribution in [3.8, 4) is 0 Å². The van der Waals surface area contributed by atoms with Gasteiger partial charge in [0.2, 0.25) is 0 Å². The molecule has 0 fully saturated rings. The molecule has 0 spiro atoms. The van der Waals surface area contributed by atoms with Crippen molar-refractivity contribution in [3.63, 3.8) is 0 Å². The molecular weight excluding hydrogens is 254 g/mol. The molecule has 0 heterocycles. The van der Waals surface area contributed by atoms with E-state index in [1.165, 1.54) is 4.90 Å². The highest BCUT2D eigenvalue weighted by molar-refractivity contribution is 7.99. The Hall–Kier alpha value is -0.220. The van der Waals surface area contributed by atoms with Crippen molar-refractivity contribution in [1.82, 2.24) is 0 Å². The summed E-state index contributed by atoms with van der Waals surface area (Å²) in [6.07, 6.45) is 2.67. The topological polar surface area (TPSA) is 46.2 Å². The van der Waals surface area contributed by atoms with Gasteiger partial charge in [-0.3, -0.25) is 0 Å². The van der Waals surface area contributed by atoms with E-state index in [4.69, 9.17) is 17.3 Å². The largest absolute Gasteiger partial charge is 0.394 e. The molecule has 0 bridgehead atoms. The van der Waals surface area contributed by atoms with Gasteiger partial charge >= 0.3 is 0 Å². The average Bonchev–Trinajstić information content (AvgIpc) is 2.34. The van der Waals surface area contributed by atoms with Gasteiger partial charge in [-0.15, -0.1) is 11.8 Å². The van der Waals surface area contributed by atoms with Gasteiger partial charge in [0.15, 0.2) is 0 Å². The number of halogens is 1. The maximum absolute atomic E-state index is 9.19. The summed E-state index contributed by atoms with van der Waals surface area (Å²) in [5.41, 5.74) is 5.61. The van der Waals surface area contributed by atoms with E-state index in [9.17, 15) is 5.11 Å². The van der Waals surface area contributed by atoms with E-state index in [1.807, 2.05) is 25.1 Å². The number of rotatable bonds is 7. The third kappa shape index (κ3) is 5.30. The smallest absolute Gasteiger partial charge is 0.0611 e. The molecule has 0 aliphatic rings. The Morgan fingerprint density at radius 3 is 2.82 bits per heavy atom. The summed E-state index contributed by atoms with van der Waals surface area (Å²) in [7, 11) is 0. The van der Waals surface area contributed by atoms with Gasteiger partial charge < -0.3 is 10.8 Å². The van der Waals surface area contributed by atoms with Gasteiger partial charge in [0.25, 0.3) is 0 Å². The molecule has 0 saturated carbocycles. The summed E-state index contributed by atoms with van der Waals surface area (Å²) in [6.45, 7) is 2.08. The molecule has 17 heavy (non-hydrogen) atoms.